The minimum absolute atomic E-state index is 0.315. The first kappa shape index (κ1) is 22.2. The van der Waals surface area contributed by atoms with Crippen molar-refractivity contribution in [2.24, 2.45) is 0 Å². The van der Waals surface area contributed by atoms with Gasteiger partial charge in [0.05, 0.1) is 34.0 Å². The molecule has 0 saturated heterocycles. The number of methoxy groups -OCH3 is 4. The van der Waals surface area contributed by atoms with Crippen LogP contribution in [0.1, 0.15) is 29.9 Å². The van der Waals surface area contributed by atoms with E-state index in [2.05, 4.69) is 12.2 Å². The lowest BCUT2D eigenvalue weighted by atomic mass is 9.89. The Morgan fingerprint density at radius 1 is 0.871 bits per heavy atom. The minimum atomic E-state index is -0.390. The van der Waals surface area contributed by atoms with Crippen molar-refractivity contribution in [3.8, 4) is 11.5 Å². The van der Waals surface area contributed by atoms with Crippen LogP contribution in [-0.4, -0.2) is 34.4 Å². The Morgan fingerprint density at radius 3 is 2.26 bits per heavy atom. The highest BCUT2D eigenvalue weighted by Gasteiger charge is 2.29. The zero-order chi connectivity index (χ0) is 22.2. The third-order valence-electron chi connectivity index (χ3n) is 5.32. The molecule has 2 aromatic rings. The Hall–Kier alpha value is -3.47. The number of ether oxygens (including phenoxy) is 4. The van der Waals surface area contributed by atoms with Gasteiger partial charge in [0, 0.05) is 12.3 Å². The zero-order valence-corrected chi connectivity index (χ0v) is 18.4. The molecule has 1 aliphatic rings. The van der Waals surface area contributed by atoms with E-state index in [4.69, 9.17) is 18.9 Å². The summed E-state index contributed by atoms with van der Waals surface area (Å²) in [5.74, 6) is 1.47. The molecule has 0 heterocycles. The van der Waals surface area contributed by atoms with Crippen LogP contribution in [0.5, 0.6) is 11.5 Å². The van der Waals surface area contributed by atoms with E-state index in [0.717, 1.165) is 34.6 Å². The number of allylic oxidation sites excluding steroid dienone is 4. The van der Waals surface area contributed by atoms with Crippen molar-refractivity contribution in [3.63, 3.8) is 0 Å². The molecule has 0 N–H and O–H groups in total. The highest BCUT2D eigenvalue weighted by molar-refractivity contribution is 5.91. The van der Waals surface area contributed by atoms with Crippen molar-refractivity contribution in [1.82, 2.24) is 0 Å². The fourth-order valence-electron chi connectivity index (χ4n) is 3.69. The Kier molecular flexibility index (Phi) is 7.55. The molecular formula is C26H28O5. The van der Waals surface area contributed by atoms with Gasteiger partial charge in [-0.15, -0.1) is 0 Å². The molecule has 2 aromatic carbocycles. The first-order chi connectivity index (χ1) is 15.1. The summed E-state index contributed by atoms with van der Waals surface area (Å²) in [5.41, 5.74) is 3.59. The maximum absolute atomic E-state index is 12.7. The van der Waals surface area contributed by atoms with Crippen LogP contribution in [0, 0.1) is 0 Å². The van der Waals surface area contributed by atoms with E-state index in [1.165, 1.54) is 7.11 Å². The van der Waals surface area contributed by atoms with Crippen molar-refractivity contribution in [3.05, 3.63) is 88.7 Å². The molecule has 0 saturated carbocycles. The van der Waals surface area contributed by atoms with Gasteiger partial charge >= 0.3 is 5.97 Å². The van der Waals surface area contributed by atoms with Crippen LogP contribution >= 0.6 is 0 Å². The van der Waals surface area contributed by atoms with E-state index < -0.39 is 0 Å². The molecule has 0 aromatic heterocycles. The maximum atomic E-state index is 12.7. The lowest BCUT2D eigenvalue weighted by Gasteiger charge is -2.18. The molecule has 31 heavy (non-hydrogen) atoms. The van der Waals surface area contributed by atoms with Crippen LogP contribution in [0.25, 0.3) is 6.08 Å². The summed E-state index contributed by atoms with van der Waals surface area (Å²) in [6, 6.07) is 15.6. The molecule has 0 aliphatic heterocycles. The van der Waals surface area contributed by atoms with Gasteiger partial charge in [0.25, 0.3) is 0 Å². The molecule has 3 rings (SSSR count). The summed E-state index contributed by atoms with van der Waals surface area (Å²) >= 11 is 0. The smallest absolute Gasteiger partial charge is 0.338 e. The summed E-state index contributed by atoms with van der Waals surface area (Å²) in [7, 11) is 6.27. The zero-order valence-electron chi connectivity index (χ0n) is 18.4. The number of benzene rings is 2. The van der Waals surface area contributed by atoms with Crippen LogP contribution in [0.4, 0.5) is 0 Å². The fraction of sp³-hybridized carbons (Fsp3) is 0.269. The molecule has 0 fully saturated rings. The first-order valence-corrected chi connectivity index (χ1v) is 10.1. The third kappa shape index (κ3) is 5.37. The van der Waals surface area contributed by atoms with Crippen molar-refractivity contribution < 1.29 is 23.7 Å². The van der Waals surface area contributed by atoms with Crippen LogP contribution in [-0.2, 0) is 14.3 Å². The molecule has 162 valence electrons. The van der Waals surface area contributed by atoms with Gasteiger partial charge < -0.3 is 18.9 Å². The summed E-state index contributed by atoms with van der Waals surface area (Å²) in [6.45, 7) is 0. The van der Waals surface area contributed by atoms with E-state index in [1.807, 2.05) is 54.6 Å². The third-order valence-corrected chi connectivity index (χ3v) is 5.32. The molecule has 0 bridgehead atoms. The lowest BCUT2D eigenvalue weighted by molar-refractivity contribution is -0.136. The van der Waals surface area contributed by atoms with Crippen LogP contribution in [0.15, 0.2) is 77.6 Å². The molecule has 1 atom stereocenters. The van der Waals surface area contributed by atoms with Gasteiger partial charge in [0.2, 0.25) is 0 Å². The summed E-state index contributed by atoms with van der Waals surface area (Å²) in [5, 5.41) is 0. The van der Waals surface area contributed by atoms with E-state index in [9.17, 15) is 4.79 Å². The molecule has 0 radical (unpaired) electrons. The van der Waals surface area contributed by atoms with E-state index in [-0.39, 0.29) is 11.9 Å². The monoisotopic (exact) mass is 420 g/mol. The van der Waals surface area contributed by atoms with Gasteiger partial charge in [-0.25, -0.2) is 4.79 Å². The Labute approximate surface area is 183 Å². The van der Waals surface area contributed by atoms with Crippen LogP contribution in [0.3, 0.4) is 0 Å². The van der Waals surface area contributed by atoms with Crippen LogP contribution in [0.2, 0.25) is 0 Å². The highest BCUT2D eigenvalue weighted by Crippen LogP contribution is 2.37. The molecule has 0 spiro atoms. The summed E-state index contributed by atoms with van der Waals surface area (Å²) < 4.78 is 21.4. The second kappa shape index (κ2) is 10.5. The second-order valence-electron chi connectivity index (χ2n) is 7.14. The molecule has 0 amide bonds. The largest absolute Gasteiger partial charge is 0.500 e. The fourth-order valence-corrected chi connectivity index (χ4v) is 3.69. The Morgan fingerprint density at radius 2 is 1.58 bits per heavy atom. The number of esters is 1. The number of carbonyl (C=O) groups excluding carboxylic acids is 1. The number of hydrogen-bond donors (Lipinski definition) is 0. The maximum Gasteiger partial charge on any atom is 0.338 e. The van der Waals surface area contributed by atoms with Crippen molar-refractivity contribution >= 4 is 12.0 Å². The van der Waals surface area contributed by atoms with Gasteiger partial charge in [0.1, 0.15) is 17.3 Å². The second-order valence-corrected chi connectivity index (χ2v) is 7.14. The van der Waals surface area contributed by atoms with E-state index in [1.54, 1.807) is 21.3 Å². The standard InChI is InChI=1S/C26H28O5/c1-28-21-9-5-7-18(15-21)11-12-19-13-14-24(30-3)25(26(27)31-4)23(16-19)20-8-6-10-22(17-20)29-2/h5-12,15-17,23H,13-14H2,1-4H3/b12-11+/t23-/m1/s1. The molecule has 0 unspecified atom stereocenters. The van der Waals surface area contributed by atoms with Crippen molar-refractivity contribution in [2.45, 2.75) is 18.8 Å². The quantitative estimate of drug-likeness (QED) is 0.570. The van der Waals surface area contributed by atoms with Gasteiger partial charge in [-0.05, 0) is 41.8 Å². The van der Waals surface area contributed by atoms with Crippen molar-refractivity contribution in [2.75, 3.05) is 28.4 Å². The Balaban J connectivity index is 2.05. The van der Waals surface area contributed by atoms with Gasteiger partial charge in [0.15, 0.2) is 0 Å². The summed E-state index contributed by atoms with van der Waals surface area (Å²) in [6.07, 6.45) is 7.58. The average molecular weight is 421 g/mol. The van der Waals surface area contributed by atoms with Crippen LogP contribution < -0.4 is 9.47 Å². The van der Waals surface area contributed by atoms with Crippen molar-refractivity contribution in [1.29, 1.82) is 0 Å². The topological polar surface area (TPSA) is 54.0 Å². The van der Waals surface area contributed by atoms with Gasteiger partial charge in [-0.1, -0.05) is 48.1 Å². The predicted molar refractivity (Wildman–Crippen MR) is 121 cm³/mol. The first-order valence-electron chi connectivity index (χ1n) is 10.1. The van der Waals surface area contributed by atoms with E-state index in [0.29, 0.717) is 17.8 Å². The summed E-state index contributed by atoms with van der Waals surface area (Å²) in [4.78, 5) is 12.7. The normalized spacial score (nSPS) is 16.5. The average Bonchev–Trinajstić information content (AvgIpc) is 3.01. The predicted octanol–water partition coefficient (Wildman–Crippen LogP) is 5.29. The SMILES string of the molecule is COC(=O)C1=C(OC)CCC(/C=C/c2cccc(OC)c2)=C[C@@H]1c1cccc(OC)c1. The number of carbonyl (C=O) groups is 1. The number of rotatable bonds is 7. The lowest BCUT2D eigenvalue weighted by Crippen LogP contribution is -2.15. The molecular weight excluding hydrogens is 392 g/mol. The van der Waals surface area contributed by atoms with E-state index >= 15 is 0 Å². The van der Waals surface area contributed by atoms with Gasteiger partial charge in [-0.2, -0.15) is 0 Å². The highest BCUT2D eigenvalue weighted by atomic mass is 16.5. The molecule has 1 aliphatic carbocycles. The molecule has 5 nitrogen and oxygen atoms in total. The molecule has 5 heteroatoms. The number of hydrogen-bond acceptors (Lipinski definition) is 5. The minimum Gasteiger partial charge on any atom is -0.500 e. The Bertz CT molecular complexity index is 1020. The van der Waals surface area contributed by atoms with Gasteiger partial charge in [-0.3, -0.25) is 0 Å².